The summed E-state index contributed by atoms with van der Waals surface area (Å²) in [5.74, 6) is -0.228. The molecule has 0 atom stereocenters. The number of carbonyl (C=O) groups excluding carboxylic acids is 1. The second-order valence-corrected chi connectivity index (χ2v) is 7.99. The van der Waals surface area contributed by atoms with Gasteiger partial charge in [0.25, 0.3) is 0 Å². The van der Waals surface area contributed by atoms with Gasteiger partial charge in [-0.25, -0.2) is 4.39 Å². The number of halogens is 1. The summed E-state index contributed by atoms with van der Waals surface area (Å²) in [6, 6.07) is 15.2. The smallest absolute Gasteiger partial charge is 0.238 e. The highest BCUT2D eigenvalue weighted by Crippen LogP contribution is 2.28. The van der Waals surface area contributed by atoms with Gasteiger partial charge in [-0.3, -0.25) is 14.6 Å². The molecule has 28 heavy (non-hydrogen) atoms. The monoisotopic (exact) mass is 381 g/mol. The highest BCUT2D eigenvalue weighted by atomic mass is 19.1. The molecule has 5 heteroatoms. The lowest BCUT2D eigenvalue weighted by Crippen LogP contribution is -2.34. The van der Waals surface area contributed by atoms with Gasteiger partial charge >= 0.3 is 0 Å². The number of likely N-dealkylation sites (tertiary alicyclic amines) is 1. The third-order valence-corrected chi connectivity index (χ3v) is 5.55. The highest BCUT2D eigenvalue weighted by molar-refractivity contribution is 5.92. The maximum atomic E-state index is 13.1. The average Bonchev–Trinajstić information content (AvgIpc) is 3.42. The summed E-state index contributed by atoms with van der Waals surface area (Å²) in [5, 5.41) is 3.02. The quantitative estimate of drug-likeness (QED) is 0.750. The van der Waals surface area contributed by atoms with Crippen molar-refractivity contribution >= 4 is 11.6 Å². The van der Waals surface area contributed by atoms with E-state index in [1.165, 1.54) is 43.6 Å². The number of hydrogen-bond donors (Lipinski definition) is 1. The van der Waals surface area contributed by atoms with E-state index in [1.54, 1.807) is 12.1 Å². The molecule has 0 aromatic heterocycles. The zero-order valence-electron chi connectivity index (χ0n) is 16.2. The Balaban J connectivity index is 1.30. The fourth-order valence-corrected chi connectivity index (χ4v) is 3.86. The minimum absolute atomic E-state index is 0.00121. The Kier molecular flexibility index (Phi) is 6.03. The van der Waals surface area contributed by atoms with Gasteiger partial charge in [0, 0.05) is 24.8 Å². The molecule has 1 amide bonds. The van der Waals surface area contributed by atoms with E-state index in [4.69, 9.17) is 0 Å². The number of benzene rings is 2. The molecule has 2 aliphatic rings. The Hall–Kier alpha value is -2.24. The predicted molar refractivity (Wildman–Crippen MR) is 109 cm³/mol. The molecular weight excluding hydrogens is 353 g/mol. The van der Waals surface area contributed by atoms with Crippen LogP contribution < -0.4 is 5.32 Å². The van der Waals surface area contributed by atoms with Gasteiger partial charge in [0.05, 0.1) is 6.54 Å². The highest BCUT2D eigenvalue weighted by Gasteiger charge is 2.30. The van der Waals surface area contributed by atoms with Crippen molar-refractivity contribution < 1.29 is 9.18 Å². The van der Waals surface area contributed by atoms with E-state index in [1.807, 2.05) is 12.1 Å². The van der Waals surface area contributed by atoms with E-state index < -0.39 is 0 Å². The maximum Gasteiger partial charge on any atom is 0.238 e. The SMILES string of the molecule is O=C(CN(Cc1ccc(F)cc1)C1CC1)Nc1ccc(CN2CCCC2)cc1. The van der Waals surface area contributed by atoms with Crippen LogP contribution in [0, 0.1) is 5.82 Å². The molecule has 1 heterocycles. The first-order valence-corrected chi connectivity index (χ1v) is 10.3. The first kappa shape index (κ1) is 19.1. The molecule has 0 unspecified atom stereocenters. The van der Waals surface area contributed by atoms with Crippen molar-refractivity contribution in [3.05, 3.63) is 65.5 Å². The lowest BCUT2D eigenvalue weighted by molar-refractivity contribution is -0.117. The van der Waals surface area contributed by atoms with Gasteiger partial charge in [-0.1, -0.05) is 24.3 Å². The summed E-state index contributed by atoms with van der Waals surface area (Å²) >= 11 is 0. The largest absolute Gasteiger partial charge is 0.325 e. The molecule has 2 aromatic carbocycles. The van der Waals surface area contributed by atoms with Crippen molar-refractivity contribution in [3.8, 4) is 0 Å². The van der Waals surface area contributed by atoms with Crippen molar-refractivity contribution in [2.75, 3.05) is 25.0 Å². The fraction of sp³-hybridized carbons (Fsp3) is 0.435. The van der Waals surface area contributed by atoms with E-state index in [9.17, 15) is 9.18 Å². The lowest BCUT2D eigenvalue weighted by atomic mass is 10.2. The molecule has 1 saturated carbocycles. The lowest BCUT2D eigenvalue weighted by Gasteiger charge is -2.21. The number of carbonyl (C=O) groups is 1. The summed E-state index contributed by atoms with van der Waals surface area (Å²) in [5.41, 5.74) is 3.16. The third kappa shape index (κ3) is 5.40. The van der Waals surface area contributed by atoms with Crippen molar-refractivity contribution in [1.29, 1.82) is 0 Å². The van der Waals surface area contributed by atoms with Crippen LogP contribution in [-0.2, 0) is 17.9 Å². The van der Waals surface area contributed by atoms with E-state index in [0.717, 1.165) is 30.6 Å². The summed E-state index contributed by atoms with van der Waals surface area (Å²) in [7, 11) is 0. The Bertz CT molecular complexity index is 780. The van der Waals surface area contributed by atoms with Crippen molar-refractivity contribution in [1.82, 2.24) is 9.80 Å². The third-order valence-electron chi connectivity index (χ3n) is 5.55. The Morgan fingerprint density at radius 3 is 2.29 bits per heavy atom. The van der Waals surface area contributed by atoms with Crippen LogP contribution in [0.15, 0.2) is 48.5 Å². The fourth-order valence-electron chi connectivity index (χ4n) is 3.86. The molecule has 2 fully saturated rings. The second kappa shape index (κ2) is 8.84. The number of nitrogens with one attached hydrogen (secondary N) is 1. The number of amides is 1. The molecule has 148 valence electrons. The first-order valence-electron chi connectivity index (χ1n) is 10.3. The Morgan fingerprint density at radius 2 is 1.64 bits per heavy atom. The molecule has 4 rings (SSSR count). The minimum Gasteiger partial charge on any atom is -0.325 e. The van der Waals surface area contributed by atoms with Crippen LogP contribution in [0.4, 0.5) is 10.1 Å². The van der Waals surface area contributed by atoms with E-state index >= 15 is 0 Å². The van der Waals surface area contributed by atoms with Crippen LogP contribution in [0.3, 0.4) is 0 Å². The van der Waals surface area contributed by atoms with Crippen LogP contribution in [0.25, 0.3) is 0 Å². The zero-order chi connectivity index (χ0) is 19.3. The van der Waals surface area contributed by atoms with Gasteiger partial charge in [-0.15, -0.1) is 0 Å². The Morgan fingerprint density at radius 1 is 1.00 bits per heavy atom. The van der Waals surface area contributed by atoms with Crippen LogP contribution in [0.1, 0.15) is 36.8 Å². The molecule has 2 aromatic rings. The minimum atomic E-state index is -0.229. The van der Waals surface area contributed by atoms with Gasteiger partial charge in [-0.05, 0) is 74.2 Å². The van der Waals surface area contributed by atoms with Crippen LogP contribution in [0.5, 0.6) is 0 Å². The van der Waals surface area contributed by atoms with Gasteiger partial charge in [-0.2, -0.15) is 0 Å². The van der Waals surface area contributed by atoms with Crippen LogP contribution >= 0.6 is 0 Å². The number of rotatable bonds is 8. The first-order chi connectivity index (χ1) is 13.7. The zero-order valence-corrected chi connectivity index (χ0v) is 16.2. The van der Waals surface area contributed by atoms with E-state index in [0.29, 0.717) is 19.1 Å². The van der Waals surface area contributed by atoms with Gasteiger partial charge in [0.15, 0.2) is 0 Å². The molecule has 0 radical (unpaired) electrons. The normalized spacial score (nSPS) is 17.2. The molecule has 0 spiro atoms. The molecule has 1 aliphatic heterocycles. The maximum absolute atomic E-state index is 13.1. The number of hydrogen-bond acceptors (Lipinski definition) is 3. The van der Waals surface area contributed by atoms with Crippen molar-refractivity contribution in [2.45, 2.75) is 44.8 Å². The molecule has 1 saturated heterocycles. The van der Waals surface area contributed by atoms with Gasteiger partial charge in [0.2, 0.25) is 5.91 Å². The molecule has 0 bridgehead atoms. The molecule has 1 aliphatic carbocycles. The van der Waals surface area contributed by atoms with Crippen molar-refractivity contribution in [2.24, 2.45) is 0 Å². The predicted octanol–water partition coefficient (Wildman–Crippen LogP) is 4.02. The van der Waals surface area contributed by atoms with Crippen LogP contribution in [0.2, 0.25) is 0 Å². The van der Waals surface area contributed by atoms with Crippen molar-refractivity contribution in [3.63, 3.8) is 0 Å². The molecular formula is C23H28FN3O. The molecule has 1 N–H and O–H groups in total. The van der Waals surface area contributed by atoms with E-state index in [2.05, 4.69) is 27.2 Å². The summed E-state index contributed by atoms with van der Waals surface area (Å²) in [4.78, 5) is 17.2. The number of anilines is 1. The number of nitrogens with zero attached hydrogens (tertiary/aromatic N) is 2. The van der Waals surface area contributed by atoms with Gasteiger partial charge < -0.3 is 5.32 Å². The summed E-state index contributed by atoms with van der Waals surface area (Å²) in [6.45, 7) is 4.39. The van der Waals surface area contributed by atoms with Gasteiger partial charge in [0.1, 0.15) is 5.82 Å². The standard InChI is InChI=1S/C23H28FN3O/c24-20-7-3-19(4-8-20)16-27(22-11-12-22)17-23(28)25-21-9-5-18(6-10-21)15-26-13-1-2-14-26/h3-10,22H,1-2,11-17H2,(H,25,28). The van der Waals surface area contributed by atoms with Crippen LogP contribution in [-0.4, -0.2) is 41.4 Å². The molecule has 4 nitrogen and oxygen atoms in total. The average molecular weight is 381 g/mol. The Labute approximate surface area is 166 Å². The summed E-state index contributed by atoms with van der Waals surface area (Å²) < 4.78 is 13.1. The topological polar surface area (TPSA) is 35.6 Å². The van der Waals surface area contributed by atoms with E-state index in [-0.39, 0.29) is 11.7 Å². The second-order valence-electron chi connectivity index (χ2n) is 7.99. The summed E-state index contributed by atoms with van der Waals surface area (Å²) in [6.07, 6.45) is 4.84.